The van der Waals surface area contributed by atoms with Gasteiger partial charge in [-0.05, 0) is 37.1 Å². The third-order valence-electron chi connectivity index (χ3n) is 6.19. The number of anilines is 2. The molecule has 3 aromatic rings. The molecule has 0 fully saturated rings. The lowest BCUT2D eigenvalue weighted by atomic mass is 10.1. The Morgan fingerprint density at radius 3 is 2.26 bits per heavy atom. The number of unbranched alkanes of at least 4 members (excludes halogenated alkanes) is 7. The maximum atomic E-state index is 13.1. The zero-order valence-electron chi connectivity index (χ0n) is 20.1. The quantitative estimate of drug-likeness (QED) is 0.323. The number of hydrogen-bond donors (Lipinski definition) is 2. The Morgan fingerprint density at radius 2 is 1.49 bits per heavy atom. The smallest absolute Gasteiger partial charge is 0.346 e. The summed E-state index contributed by atoms with van der Waals surface area (Å²) < 4.78 is 0. The summed E-state index contributed by atoms with van der Waals surface area (Å²) in [6.45, 7) is 1.58. The second-order valence-corrected chi connectivity index (χ2v) is 8.81. The second kappa shape index (κ2) is 12.6. The predicted octanol–water partition coefficient (Wildman–Crippen LogP) is 5.47. The minimum Gasteiger partial charge on any atom is -0.371 e. The Morgan fingerprint density at radius 1 is 0.800 bits per heavy atom. The first-order chi connectivity index (χ1) is 17.2. The highest BCUT2D eigenvalue weighted by Gasteiger charge is 2.33. The van der Waals surface area contributed by atoms with Crippen LogP contribution in [0.3, 0.4) is 0 Å². The van der Waals surface area contributed by atoms with Crippen molar-refractivity contribution in [1.82, 2.24) is 9.97 Å². The van der Waals surface area contributed by atoms with Crippen molar-refractivity contribution < 1.29 is 4.79 Å². The Bertz CT molecular complexity index is 1190. The van der Waals surface area contributed by atoms with Gasteiger partial charge in [0, 0.05) is 24.8 Å². The Hall–Kier alpha value is -3.74. The van der Waals surface area contributed by atoms with E-state index < -0.39 is 0 Å². The van der Waals surface area contributed by atoms with E-state index in [4.69, 9.17) is 0 Å². The van der Waals surface area contributed by atoms with E-state index in [9.17, 15) is 9.59 Å². The van der Waals surface area contributed by atoms with E-state index in [1.165, 1.54) is 38.3 Å². The number of amides is 1. The number of fused-ring (bicyclic) bond motifs is 1. The van der Waals surface area contributed by atoms with E-state index in [2.05, 4.69) is 20.3 Å². The predicted molar refractivity (Wildman–Crippen MR) is 142 cm³/mol. The molecule has 2 N–H and O–H groups in total. The molecule has 0 aliphatic carbocycles. The van der Waals surface area contributed by atoms with E-state index in [1.54, 1.807) is 6.07 Å². The van der Waals surface area contributed by atoms with Crippen molar-refractivity contribution >= 4 is 28.8 Å². The van der Waals surface area contributed by atoms with Crippen LogP contribution in [0.1, 0.15) is 56.9 Å². The first-order valence-electron chi connectivity index (χ1n) is 12.6. The third-order valence-corrected chi connectivity index (χ3v) is 6.19. The Balaban J connectivity index is 1.13. The number of H-pyrrole nitrogens is 1. The fourth-order valence-electron chi connectivity index (χ4n) is 4.37. The fourth-order valence-corrected chi connectivity index (χ4v) is 4.37. The molecule has 35 heavy (non-hydrogen) atoms. The summed E-state index contributed by atoms with van der Waals surface area (Å²) in [6, 6.07) is 19.4. The molecule has 0 radical (unpaired) electrons. The Kier molecular flexibility index (Phi) is 8.81. The second-order valence-electron chi connectivity index (χ2n) is 8.81. The summed E-state index contributed by atoms with van der Waals surface area (Å²) in [6.07, 6.45) is 10.7. The molecule has 0 saturated heterocycles. The highest BCUT2D eigenvalue weighted by atomic mass is 16.2. The van der Waals surface area contributed by atoms with E-state index in [0.29, 0.717) is 5.71 Å². The molecule has 1 aromatic heterocycles. The van der Waals surface area contributed by atoms with Gasteiger partial charge in [0.15, 0.2) is 0 Å². The minimum atomic E-state index is -0.325. The molecule has 1 amide bonds. The van der Waals surface area contributed by atoms with Crippen molar-refractivity contribution in [2.75, 3.05) is 23.3 Å². The maximum Gasteiger partial charge on any atom is 0.346 e. The number of benzene rings is 2. The van der Waals surface area contributed by atoms with Crippen LogP contribution in [0, 0.1) is 0 Å². The van der Waals surface area contributed by atoms with Gasteiger partial charge >= 0.3 is 5.69 Å². The summed E-state index contributed by atoms with van der Waals surface area (Å²) in [5.41, 5.74) is 2.91. The van der Waals surface area contributed by atoms with Gasteiger partial charge in [-0.15, -0.1) is 0 Å². The monoisotopic (exact) mass is 471 g/mol. The van der Waals surface area contributed by atoms with Crippen LogP contribution in [0.4, 0.5) is 17.2 Å². The van der Waals surface area contributed by atoms with Crippen molar-refractivity contribution in [3.05, 3.63) is 82.9 Å². The van der Waals surface area contributed by atoms with Crippen LogP contribution in [0.2, 0.25) is 0 Å². The zero-order valence-corrected chi connectivity index (χ0v) is 20.1. The number of carbonyl (C=O) groups excluding carboxylic acids is 1. The normalized spacial score (nSPS) is 13.9. The van der Waals surface area contributed by atoms with E-state index in [0.717, 1.165) is 55.1 Å². The lowest BCUT2D eigenvalue weighted by Gasteiger charge is -2.16. The van der Waals surface area contributed by atoms with Gasteiger partial charge in [-0.3, -0.25) is 9.78 Å². The van der Waals surface area contributed by atoms with Crippen molar-refractivity contribution in [2.45, 2.75) is 51.4 Å². The number of carbonyl (C=O) groups is 1. The number of rotatable bonds is 13. The van der Waals surface area contributed by atoms with Crippen LogP contribution in [0.5, 0.6) is 0 Å². The largest absolute Gasteiger partial charge is 0.371 e. The number of nitrogens with one attached hydrogen (secondary N) is 2. The molecule has 1 aliphatic rings. The highest BCUT2D eigenvalue weighted by Crippen LogP contribution is 2.31. The molecule has 0 bridgehead atoms. The summed E-state index contributed by atoms with van der Waals surface area (Å²) in [4.78, 5) is 37.1. The number of nitrogens with zero attached hydrogens (tertiary/aromatic N) is 3. The first kappa shape index (κ1) is 24.4. The standard InChI is InChI=1S/C28H33N5O2/c34-27-26(31-22-14-8-7-9-15-22)23-16-10-11-17-24(23)33(27)21-13-6-4-2-1-3-5-12-19-29-25-18-20-30-28(35)32-25/h7-11,14-18,20H,1-6,12-13,19,21H2,(H2,29,30,32,35)/b31-26-. The molecular weight excluding hydrogens is 438 g/mol. The molecule has 7 heteroatoms. The van der Waals surface area contributed by atoms with Crippen LogP contribution in [0.15, 0.2) is 76.6 Å². The van der Waals surface area contributed by atoms with Gasteiger partial charge in [0.05, 0.1) is 11.4 Å². The Labute approximate surface area is 206 Å². The number of aliphatic imine (C=N–C) groups is 1. The van der Waals surface area contributed by atoms with Crippen molar-refractivity contribution in [2.24, 2.45) is 4.99 Å². The average molecular weight is 472 g/mol. The summed E-state index contributed by atoms with van der Waals surface area (Å²) in [5.74, 6) is 0.724. The van der Waals surface area contributed by atoms with Gasteiger partial charge < -0.3 is 10.2 Å². The summed E-state index contributed by atoms with van der Waals surface area (Å²) >= 11 is 0. The van der Waals surface area contributed by atoms with Gasteiger partial charge in [-0.25, -0.2) is 14.8 Å². The van der Waals surface area contributed by atoms with Crippen LogP contribution in [-0.2, 0) is 4.79 Å². The number of para-hydroxylation sites is 2. The van der Waals surface area contributed by atoms with Crippen LogP contribution in [-0.4, -0.2) is 34.7 Å². The van der Waals surface area contributed by atoms with E-state index in [1.807, 2.05) is 59.5 Å². The molecule has 4 rings (SSSR count). The van der Waals surface area contributed by atoms with Gasteiger partial charge in [0.2, 0.25) is 0 Å². The van der Waals surface area contributed by atoms with Gasteiger partial charge in [-0.2, -0.15) is 0 Å². The molecule has 0 atom stereocenters. The fraction of sp³-hybridized carbons (Fsp3) is 0.357. The van der Waals surface area contributed by atoms with Crippen LogP contribution >= 0.6 is 0 Å². The lowest BCUT2D eigenvalue weighted by Crippen LogP contribution is -2.31. The molecule has 0 spiro atoms. The topological polar surface area (TPSA) is 90.4 Å². The van der Waals surface area contributed by atoms with Gasteiger partial charge in [0.25, 0.3) is 5.91 Å². The first-order valence-corrected chi connectivity index (χ1v) is 12.6. The summed E-state index contributed by atoms with van der Waals surface area (Å²) in [7, 11) is 0. The third kappa shape index (κ3) is 6.88. The lowest BCUT2D eigenvalue weighted by molar-refractivity contribution is -0.112. The van der Waals surface area contributed by atoms with Crippen molar-refractivity contribution in [1.29, 1.82) is 0 Å². The number of hydrogen-bond acceptors (Lipinski definition) is 5. The van der Waals surface area contributed by atoms with E-state index >= 15 is 0 Å². The molecule has 2 aromatic carbocycles. The maximum absolute atomic E-state index is 13.1. The van der Waals surface area contributed by atoms with Gasteiger partial charge in [-0.1, -0.05) is 74.9 Å². The number of aromatic nitrogens is 2. The molecule has 7 nitrogen and oxygen atoms in total. The minimum absolute atomic E-state index is 0.000460. The average Bonchev–Trinajstić information content (AvgIpc) is 3.14. The molecule has 182 valence electrons. The molecule has 0 unspecified atom stereocenters. The van der Waals surface area contributed by atoms with E-state index in [-0.39, 0.29) is 11.6 Å². The summed E-state index contributed by atoms with van der Waals surface area (Å²) in [5, 5.41) is 3.22. The number of aromatic amines is 1. The molecule has 1 aliphatic heterocycles. The molecular formula is C28H33N5O2. The van der Waals surface area contributed by atoms with Gasteiger partial charge in [0.1, 0.15) is 11.5 Å². The van der Waals surface area contributed by atoms with Crippen LogP contribution in [0.25, 0.3) is 0 Å². The zero-order chi connectivity index (χ0) is 24.3. The van der Waals surface area contributed by atoms with Crippen molar-refractivity contribution in [3.8, 4) is 0 Å². The molecule has 0 saturated carbocycles. The SMILES string of the molecule is O=C1/C(=N\c2ccccc2)c2ccccc2N1CCCCCCCCCCNc1ccnc(=O)[nH]1. The van der Waals surface area contributed by atoms with Crippen molar-refractivity contribution in [3.63, 3.8) is 0 Å². The highest BCUT2D eigenvalue weighted by molar-refractivity contribution is 6.54. The van der Waals surface area contributed by atoms with Crippen LogP contribution < -0.4 is 15.9 Å². The molecule has 2 heterocycles.